The first-order chi connectivity index (χ1) is 10.4. The maximum absolute atomic E-state index is 12.0. The van der Waals surface area contributed by atoms with E-state index in [9.17, 15) is 4.79 Å². The maximum atomic E-state index is 12.0. The zero-order valence-electron chi connectivity index (χ0n) is 13.3. The molecular formula is C18H20N2O2. The highest BCUT2D eigenvalue weighted by atomic mass is 16.7. The van der Waals surface area contributed by atoms with Crippen molar-refractivity contribution in [2.24, 2.45) is 5.16 Å². The van der Waals surface area contributed by atoms with E-state index in [-0.39, 0.29) is 5.41 Å². The summed E-state index contributed by atoms with van der Waals surface area (Å²) in [5.74, 6) is -0.464. The van der Waals surface area contributed by atoms with Gasteiger partial charge in [0.1, 0.15) is 0 Å². The highest BCUT2D eigenvalue weighted by Gasteiger charge is 2.15. The average molecular weight is 296 g/mol. The molecule has 1 aromatic heterocycles. The number of benzene rings is 1. The molecular weight excluding hydrogens is 276 g/mol. The van der Waals surface area contributed by atoms with Gasteiger partial charge in [-0.05, 0) is 42.2 Å². The van der Waals surface area contributed by atoms with Gasteiger partial charge in [0.15, 0.2) is 0 Å². The van der Waals surface area contributed by atoms with Crippen molar-refractivity contribution < 1.29 is 9.63 Å². The van der Waals surface area contributed by atoms with E-state index in [1.54, 1.807) is 31.5 Å². The van der Waals surface area contributed by atoms with Crippen LogP contribution in [-0.4, -0.2) is 16.7 Å². The molecule has 2 aromatic rings. The minimum Gasteiger partial charge on any atom is -0.313 e. The van der Waals surface area contributed by atoms with Crippen LogP contribution in [0.1, 0.15) is 49.2 Å². The first kappa shape index (κ1) is 15.9. The fourth-order valence-electron chi connectivity index (χ4n) is 1.91. The normalized spacial score (nSPS) is 12.1. The molecule has 0 N–H and O–H groups in total. The van der Waals surface area contributed by atoms with E-state index >= 15 is 0 Å². The van der Waals surface area contributed by atoms with Gasteiger partial charge in [0, 0.05) is 18.0 Å². The number of carbonyl (C=O) groups excluding carboxylic acids is 1. The molecule has 0 aliphatic heterocycles. The van der Waals surface area contributed by atoms with E-state index < -0.39 is 5.97 Å². The summed E-state index contributed by atoms with van der Waals surface area (Å²) in [5.41, 5.74) is 3.20. The minimum absolute atomic E-state index is 0.0541. The Bertz CT molecular complexity index is 668. The molecule has 22 heavy (non-hydrogen) atoms. The fourth-order valence-corrected chi connectivity index (χ4v) is 1.91. The Kier molecular flexibility index (Phi) is 4.71. The molecule has 0 radical (unpaired) electrons. The van der Waals surface area contributed by atoms with Gasteiger partial charge in [0.05, 0.1) is 11.3 Å². The van der Waals surface area contributed by atoms with Crippen molar-refractivity contribution in [3.63, 3.8) is 0 Å². The van der Waals surface area contributed by atoms with Gasteiger partial charge in [-0.15, -0.1) is 0 Å². The third kappa shape index (κ3) is 4.01. The summed E-state index contributed by atoms with van der Waals surface area (Å²) < 4.78 is 0. The zero-order valence-corrected chi connectivity index (χ0v) is 13.3. The lowest BCUT2D eigenvalue weighted by Gasteiger charge is -2.18. The largest absolute Gasteiger partial charge is 0.365 e. The standard InChI is InChI=1S/C18H20N2O2/c1-13(14-9-11-19-12-10-14)20-22-17(21)15-5-7-16(8-6-15)18(2,3)4/h5-12H,1-4H3/b20-13+. The molecule has 4 heteroatoms. The van der Waals surface area contributed by atoms with E-state index in [0.29, 0.717) is 11.3 Å². The summed E-state index contributed by atoms with van der Waals surface area (Å²) in [6.07, 6.45) is 3.34. The minimum atomic E-state index is -0.464. The Hall–Kier alpha value is -2.49. The fraction of sp³-hybridized carbons (Fsp3) is 0.278. The van der Waals surface area contributed by atoms with Crippen molar-refractivity contribution in [3.05, 3.63) is 65.5 Å². The van der Waals surface area contributed by atoms with Crippen LogP contribution in [0, 0.1) is 0 Å². The SMILES string of the molecule is C/C(=N\OC(=O)c1ccc(C(C)(C)C)cc1)c1ccncc1. The van der Waals surface area contributed by atoms with Crippen LogP contribution in [0.15, 0.2) is 53.9 Å². The van der Waals surface area contributed by atoms with Crippen LogP contribution in [-0.2, 0) is 10.3 Å². The van der Waals surface area contributed by atoms with Crippen LogP contribution < -0.4 is 0 Å². The lowest BCUT2D eigenvalue weighted by molar-refractivity contribution is 0.0516. The number of carbonyl (C=O) groups is 1. The monoisotopic (exact) mass is 296 g/mol. The molecule has 0 bridgehead atoms. The Balaban J connectivity index is 2.07. The quantitative estimate of drug-likeness (QED) is 0.489. The molecule has 0 atom stereocenters. The number of hydrogen-bond acceptors (Lipinski definition) is 4. The van der Waals surface area contributed by atoms with E-state index in [1.807, 2.05) is 24.3 Å². The third-order valence-electron chi connectivity index (χ3n) is 3.35. The van der Waals surface area contributed by atoms with E-state index in [0.717, 1.165) is 5.56 Å². The topological polar surface area (TPSA) is 51.5 Å². The second-order valence-electron chi connectivity index (χ2n) is 6.12. The van der Waals surface area contributed by atoms with E-state index in [2.05, 4.69) is 30.9 Å². The molecule has 0 spiro atoms. The van der Waals surface area contributed by atoms with Gasteiger partial charge in [0.25, 0.3) is 0 Å². The molecule has 4 nitrogen and oxygen atoms in total. The van der Waals surface area contributed by atoms with Gasteiger partial charge in [-0.25, -0.2) is 4.79 Å². The zero-order chi connectivity index (χ0) is 16.2. The van der Waals surface area contributed by atoms with Crippen LogP contribution in [0.2, 0.25) is 0 Å². The van der Waals surface area contributed by atoms with Crippen molar-refractivity contribution in [1.82, 2.24) is 4.98 Å². The second kappa shape index (κ2) is 6.52. The molecule has 0 amide bonds. The van der Waals surface area contributed by atoms with Crippen molar-refractivity contribution in [2.45, 2.75) is 33.1 Å². The number of pyridine rings is 1. The smallest absolute Gasteiger partial charge is 0.313 e. The summed E-state index contributed by atoms with van der Waals surface area (Å²) in [6, 6.07) is 11.0. The Morgan fingerprint density at radius 1 is 1.00 bits per heavy atom. The Labute approximate surface area is 130 Å². The summed E-state index contributed by atoms with van der Waals surface area (Å²) >= 11 is 0. The van der Waals surface area contributed by atoms with Gasteiger partial charge in [-0.3, -0.25) is 4.98 Å². The Morgan fingerprint density at radius 2 is 1.59 bits per heavy atom. The average Bonchev–Trinajstić information content (AvgIpc) is 2.52. The highest BCUT2D eigenvalue weighted by molar-refractivity contribution is 5.99. The first-order valence-electron chi connectivity index (χ1n) is 7.15. The van der Waals surface area contributed by atoms with Gasteiger partial charge < -0.3 is 4.84 Å². The van der Waals surface area contributed by atoms with Gasteiger partial charge in [-0.1, -0.05) is 38.1 Å². The number of oxime groups is 1. The molecule has 1 heterocycles. The molecule has 0 saturated heterocycles. The lowest BCUT2D eigenvalue weighted by Crippen LogP contribution is -2.11. The van der Waals surface area contributed by atoms with Crippen molar-refractivity contribution >= 4 is 11.7 Å². The predicted molar refractivity (Wildman–Crippen MR) is 87.0 cm³/mol. The molecule has 0 fully saturated rings. The van der Waals surface area contributed by atoms with Crippen LogP contribution in [0.5, 0.6) is 0 Å². The van der Waals surface area contributed by atoms with Crippen molar-refractivity contribution in [2.75, 3.05) is 0 Å². The van der Waals surface area contributed by atoms with Crippen LogP contribution in [0.4, 0.5) is 0 Å². The van der Waals surface area contributed by atoms with Gasteiger partial charge in [0.2, 0.25) is 0 Å². The molecule has 0 aliphatic rings. The highest BCUT2D eigenvalue weighted by Crippen LogP contribution is 2.22. The molecule has 0 aliphatic carbocycles. The predicted octanol–water partition coefficient (Wildman–Crippen LogP) is 3.96. The van der Waals surface area contributed by atoms with Crippen LogP contribution in [0.3, 0.4) is 0 Å². The van der Waals surface area contributed by atoms with Gasteiger partial charge in [-0.2, -0.15) is 0 Å². The molecule has 1 aromatic carbocycles. The summed E-state index contributed by atoms with van der Waals surface area (Å²) in [4.78, 5) is 20.9. The number of hydrogen-bond donors (Lipinski definition) is 0. The van der Waals surface area contributed by atoms with E-state index in [4.69, 9.17) is 4.84 Å². The number of rotatable bonds is 3. The summed E-state index contributed by atoms with van der Waals surface area (Å²) in [5, 5.41) is 3.88. The van der Waals surface area contributed by atoms with Gasteiger partial charge >= 0.3 is 5.97 Å². The van der Waals surface area contributed by atoms with Crippen molar-refractivity contribution in [3.8, 4) is 0 Å². The first-order valence-corrected chi connectivity index (χ1v) is 7.15. The third-order valence-corrected chi connectivity index (χ3v) is 3.35. The van der Waals surface area contributed by atoms with E-state index in [1.165, 1.54) is 5.56 Å². The number of nitrogens with zero attached hydrogens (tertiary/aromatic N) is 2. The molecule has 2 rings (SSSR count). The summed E-state index contributed by atoms with van der Waals surface area (Å²) in [6.45, 7) is 8.17. The molecule has 0 saturated carbocycles. The molecule has 114 valence electrons. The second-order valence-corrected chi connectivity index (χ2v) is 6.12. The maximum Gasteiger partial charge on any atom is 0.365 e. The van der Waals surface area contributed by atoms with Crippen molar-refractivity contribution in [1.29, 1.82) is 0 Å². The molecule has 0 unspecified atom stereocenters. The number of aromatic nitrogens is 1. The summed E-state index contributed by atoms with van der Waals surface area (Å²) in [7, 11) is 0. The Morgan fingerprint density at radius 3 is 2.14 bits per heavy atom. The van der Waals surface area contributed by atoms with Crippen LogP contribution in [0.25, 0.3) is 0 Å². The lowest BCUT2D eigenvalue weighted by atomic mass is 9.87. The van der Waals surface area contributed by atoms with Crippen LogP contribution >= 0.6 is 0 Å².